The molecule has 1 heteroatoms. The van der Waals surface area contributed by atoms with E-state index in [9.17, 15) is 0 Å². The van der Waals surface area contributed by atoms with Crippen LogP contribution in [0, 0.1) is 0 Å². The summed E-state index contributed by atoms with van der Waals surface area (Å²) in [6.07, 6.45) is 8.11. The van der Waals surface area contributed by atoms with Gasteiger partial charge < -0.3 is 4.57 Å². The van der Waals surface area contributed by atoms with Crippen molar-refractivity contribution in [3.63, 3.8) is 0 Å². The van der Waals surface area contributed by atoms with Crippen molar-refractivity contribution in [3.8, 4) is 11.1 Å². The highest BCUT2D eigenvalue weighted by Gasteiger charge is 2.21. The lowest BCUT2D eigenvalue weighted by Crippen LogP contribution is -2.03. The molecule has 284 valence electrons. The van der Waals surface area contributed by atoms with Gasteiger partial charge >= 0.3 is 0 Å². The molecule has 0 saturated carbocycles. The maximum Gasteiger partial charge on any atom is 0.0494 e. The molecule has 0 aliphatic heterocycles. The second kappa shape index (κ2) is 22.1. The molecule has 1 heterocycles. The molecule has 7 aromatic rings. The van der Waals surface area contributed by atoms with E-state index in [1.54, 1.807) is 5.57 Å². The third-order valence-electron chi connectivity index (χ3n) is 9.97. The lowest BCUT2D eigenvalue weighted by molar-refractivity contribution is 0.786. The van der Waals surface area contributed by atoms with Crippen LogP contribution in [-0.4, -0.2) is 4.57 Å². The standard InChI is InChI=1S/C26H19N.C20H20.4C2H6/c1-2-10-20-18(8-1)16-24-19(9-7-13-21(20)24)17-27-25-14-5-3-11-22(25)23-12-4-6-15-26(23)27;1-2-16-13-19(17-9-5-3-6-10-17)15-20(14-16)18-11-7-4-8-12-18;4*1-2/h1-15H,16-17H2;3-13,15,20H,2,14H2,1H3;4*1-2H3. The molecule has 1 aromatic heterocycles. The van der Waals surface area contributed by atoms with Gasteiger partial charge in [-0.1, -0.05) is 220 Å². The Hall–Kier alpha value is -5.40. The minimum Gasteiger partial charge on any atom is -0.336 e. The first kappa shape index (κ1) is 42.3. The summed E-state index contributed by atoms with van der Waals surface area (Å²) in [4.78, 5) is 0. The molecule has 0 radical (unpaired) electrons. The molecule has 0 spiro atoms. The van der Waals surface area contributed by atoms with Gasteiger partial charge in [-0.05, 0) is 75.9 Å². The van der Waals surface area contributed by atoms with Crippen LogP contribution in [0.5, 0.6) is 0 Å². The van der Waals surface area contributed by atoms with E-state index in [0.717, 1.165) is 25.8 Å². The van der Waals surface area contributed by atoms with E-state index in [1.807, 2.05) is 55.4 Å². The van der Waals surface area contributed by atoms with Crippen LogP contribution in [0.3, 0.4) is 0 Å². The molecule has 9 rings (SSSR count). The molecule has 2 aliphatic rings. The lowest BCUT2D eigenvalue weighted by Gasteiger charge is -2.22. The van der Waals surface area contributed by atoms with Crippen LogP contribution in [0.25, 0.3) is 38.5 Å². The fourth-order valence-corrected chi connectivity index (χ4v) is 7.57. The Kier molecular flexibility index (Phi) is 17.0. The first-order valence-corrected chi connectivity index (χ1v) is 20.9. The minimum absolute atomic E-state index is 0.506. The van der Waals surface area contributed by atoms with Gasteiger partial charge in [-0.25, -0.2) is 0 Å². The zero-order valence-corrected chi connectivity index (χ0v) is 34.9. The van der Waals surface area contributed by atoms with Crippen LogP contribution >= 0.6 is 0 Å². The van der Waals surface area contributed by atoms with Crippen molar-refractivity contribution < 1.29 is 0 Å². The predicted molar refractivity (Wildman–Crippen MR) is 245 cm³/mol. The first-order valence-electron chi connectivity index (χ1n) is 20.9. The van der Waals surface area contributed by atoms with Crippen LogP contribution < -0.4 is 0 Å². The van der Waals surface area contributed by atoms with Crippen LogP contribution in [-0.2, 0) is 13.0 Å². The summed E-state index contributed by atoms with van der Waals surface area (Å²) in [7, 11) is 0. The van der Waals surface area contributed by atoms with E-state index in [4.69, 9.17) is 0 Å². The number of aromatic nitrogens is 1. The zero-order chi connectivity index (χ0) is 39.6. The van der Waals surface area contributed by atoms with Crippen molar-refractivity contribution in [1.82, 2.24) is 4.57 Å². The minimum atomic E-state index is 0.506. The number of benzene rings is 6. The van der Waals surface area contributed by atoms with Crippen LogP contribution in [0.2, 0.25) is 0 Å². The monoisotopic (exact) mass is 725 g/mol. The molecule has 1 unspecified atom stereocenters. The third-order valence-corrected chi connectivity index (χ3v) is 9.97. The van der Waals surface area contributed by atoms with Crippen LogP contribution in [0.15, 0.2) is 169 Å². The molecule has 55 heavy (non-hydrogen) atoms. The molecular weight excluding hydrogens is 663 g/mol. The molecule has 0 saturated heterocycles. The number of nitrogens with zero attached hydrogens (tertiary/aromatic N) is 1. The van der Waals surface area contributed by atoms with E-state index in [2.05, 4.69) is 175 Å². The van der Waals surface area contributed by atoms with E-state index in [0.29, 0.717) is 5.92 Å². The molecule has 0 bridgehead atoms. The Balaban J connectivity index is 0.000000214. The molecule has 0 amide bonds. The van der Waals surface area contributed by atoms with Crippen molar-refractivity contribution in [2.75, 3.05) is 0 Å². The quantitative estimate of drug-likeness (QED) is 0.166. The second-order valence-electron chi connectivity index (χ2n) is 12.8. The summed E-state index contributed by atoms with van der Waals surface area (Å²) in [5.74, 6) is 0.506. The van der Waals surface area contributed by atoms with Gasteiger partial charge in [0.25, 0.3) is 0 Å². The van der Waals surface area contributed by atoms with Crippen molar-refractivity contribution in [2.45, 2.75) is 94.0 Å². The van der Waals surface area contributed by atoms with Crippen molar-refractivity contribution in [3.05, 3.63) is 197 Å². The highest BCUT2D eigenvalue weighted by atomic mass is 15.0. The Morgan fingerprint density at radius 2 is 1.05 bits per heavy atom. The van der Waals surface area contributed by atoms with Crippen molar-refractivity contribution >= 4 is 27.4 Å². The Labute approximate surface area is 333 Å². The third kappa shape index (κ3) is 9.83. The second-order valence-corrected chi connectivity index (χ2v) is 12.8. The van der Waals surface area contributed by atoms with Crippen molar-refractivity contribution in [2.24, 2.45) is 0 Å². The van der Waals surface area contributed by atoms with E-state index < -0.39 is 0 Å². The summed E-state index contributed by atoms with van der Waals surface area (Å²) >= 11 is 0. The van der Waals surface area contributed by atoms with Gasteiger partial charge in [-0.15, -0.1) is 0 Å². The number of hydrogen-bond acceptors (Lipinski definition) is 0. The normalized spacial score (nSPS) is 13.2. The average molecular weight is 726 g/mol. The summed E-state index contributed by atoms with van der Waals surface area (Å²) in [6, 6.07) is 54.6. The maximum atomic E-state index is 2.48. The SMILES string of the molecule is CC.CC.CC.CC.CCC1=CC(c2ccccc2)=CC(c2ccccc2)C1.c1ccc2c(c1)Cc1c(Cn3c4ccccc4c4ccccc43)cccc1-2. The van der Waals surface area contributed by atoms with Gasteiger partial charge in [0.2, 0.25) is 0 Å². The van der Waals surface area contributed by atoms with Gasteiger partial charge in [0, 0.05) is 34.3 Å². The van der Waals surface area contributed by atoms with Gasteiger partial charge in [-0.3, -0.25) is 0 Å². The number of allylic oxidation sites excluding steroid dienone is 4. The highest BCUT2D eigenvalue weighted by molar-refractivity contribution is 6.08. The van der Waals surface area contributed by atoms with Gasteiger partial charge in [0.15, 0.2) is 0 Å². The zero-order valence-electron chi connectivity index (χ0n) is 34.9. The average Bonchev–Trinajstić information content (AvgIpc) is 3.83. The van der Waals surface area contributed by atoms with Crippen LogP contribution in [0.1, 0.15) is 109 Å². The first-order chi connectivity index (χ1) is 27.3. The predicted octanol–water partition coefficient (Wildman–Crippen LogP) is 16.1. The fourth-order valence-electron chi connectivity index (χ4n) is 7.57. The summed E-state index contributed by atoms with van der Waals surface area (Å²) in [5.41, 5.74) is 15.4. The summed E-state index contributed by atoms with van der Waals surface area (Å²) < 4.78 is 2.48. The number of fused-ring (bicyclic) bond motifs is 6. The van der Waals surface area contributed by atoms with Gasteiger partial charge in [-0.2, -0.15) is 0 Å². The Morgan fingerprint density at radius 3 is 1.67 bits per heavy atom. The summed E-state index contributed by atoms with van der Waals surface area (Å²) in [6.45, 7) is 19.2. The fraction of sp³-hybridized carbons (Fsp3) is 0.259. The Morgan fingerprint density at radius 1 is 0.527 bits per heavy atom. The molecule has 0 N–H and O–H groups in total. The molecule has 1 nitrogen and oxygen atoms in total. The lowest BCUT2D eigenvalue weighted by atomic mass is 9.83. The van der Waals surface area contributed by atoms with E-state index in [-0.39, 0.29) is 0 Å². The molecular formula is C54H63N. The highest BCUT2D eigenvalue weighted by Crippen LogP contribution is 2.39. The maximum absolute atomic E-state index is 2.48. The molecule has 0 fully saturated rings. The smallest absolute Gasteiger partial charge is 0.0494 e. The van der Waals surface area contributed by atoms with E-state index >= 15 is 0 Å². The number of hydrogen-bond donors (Lipinski definition) is 0. The topological polar surface area (TPSA) is 4.93 Å². The van der Waals surface area contributed by atoms with Crippen molar-refractivity contribution in [1.29, 1.82) is 0 Å². The number of para-hydroxylation sites is 2. The molecule has 2 aliphatic carbocycles. The summed E-state index contributed by atoms with van der Waals surface area (Å²) in [5, 5.41) is 2.67. The molecule has 1 atom stereocenters. The largest absolute Gasteiger partial charge is 0.336 e. The van der Waals surface area contributed by atoms with Crippen LogP contribution in [0.4, 0.5) is 0 Å². The number of rotatable bonds is 5. The Bertz CT molecular complexity index is 2200. The van der Waals surface area contributed by atoms with E-state index in [1.165, 1.54) is 66.3 Å². The van der Waals surface area contributed by atoms with Gasteiger partial charge in [0.1, 0.15) is 0 Å². The van der Waals surface area contributed by atoms with Gasteiger partial charge in [0.05, 0.1) is 0 Å². The molecule has 6 aromatic carbocycles.